The van der Waals surface area contributed by atoms with Gasteiger partial charge in [-0.05, 0) is 36.8 Å². The molecule has 1 heterocycles. The SMILES string of the molecule is COc1cccnc1C(C)(N)c1cc(F)c(Cl)cc1Cl. The quantitative estimate of drug-likeness (QED) is 0.877. The number of hydrogen-bond acceptors (Lipinski definition) is 3. The number of pyridine rings is 1. The van der Waals surface area contributed by atoms with Gasteiger partial charge in [0.15, 0.2) is 0 Å². The maximum atomic E-state index is 13.7. The molecule has 2 rings (SSSR count). The van der Waals surface area contributed by atoms with E-state index in [1.54, 1.807) is 25.3 Å². The number of nitrogens with zero attached hydrogens (tertiary/aromatic N) is 1. The lowest BCUT2D eigenvalue weighted by atomic mass is 9.88. The summed E-state index contributed by atoms with van der Waals surface area (Å²) in [6.45, 7) is 1.69. The molecule has 0 radical (unpaired) electrons. The van der Waals surface area contributed by atoms with Crippen LogP contribution in [0.3, 0.4) is 0 Å². The highest BCUT2D eigenvalue weighted by Crippen LogP contribution is 2.37. The summed E-state index contributed by atoms with van der Waals surface area (Å²) in [4.78, 5) is 4.23. The Hall–Kier alpha value is -1.36. The van der Waals surface area contributed by atoms with Crippen LogP contribution in [-0.4, -0.2) is 12.1 Å². The largest absolute Gasteiger partial charge is 0.495 e. The minimum atomic E-state index is -1.12. The van der Waals surface area contributed by atoms with Gasteiger partial charge in [-0.2, -0.15) is 0 Å². The minimum absolute atomic E-state index is 0.0532. The Bertz CT molecular complexity index is 647. The van der Waals surface area contributed by atoms with E-state index in [1.165, 1.54) is 19.2 Å². The Balaban J connectivity index is 2.63. The summed E-state index contributed by atoms with van der Waals surface area (Å²) in [5, 5.41) is 0.219. The van der Waals surface area contributed by atoms with Crippen molar-refractivity contribution in [2.45, 2.75) is 12.5 Å². The topological polar surface area (TPSA) is 48.1 Å². The van der Waals surface area contributed by atoms with E-state index in [4.69, 9.17) is 33.7 Å². The van der Waals surface area contributed by atoms with Crippen LogP contribution in [0.2, 0.25) is 10.0 Å². The highest BCUT2D eigenvalue weighted by Gasteiger charge is 2.31. The lowest BCUT2D eigenvalue weighted by Gasteiger charge is -2.27. The number of nitrogens with two attached hydrogens (primary N) is 1. The molecule has 0 saturated heterocycles. The van der Waals surface area contributed by atoms with Crippen LogP contribution in [0.25, 0.3) is 0 Å². The molecule has 0 aliphatic carbocycles. The van der Waals surface area contributed by atoms with Crippen molar-refractivity contribution in [1.29, 1.82) is 0 Å². The average Bonchev–Trinajstić information content (AvgIpc) is 2.42. The fourth-order valence-electron chi connectivity index (χ4n) is 1.99. The van der Waals surface area contributed by atoms with E-state index >= 15 is 0 Å². The first kappa shape index (κ1) is 15.0. The standard InChI is InChI=1S/C14H13Cl2FN2O/c1-14(18,13-12(20-2)4-3-5-19-13)8-6-11(17)10(16)7-9(8)15/h3-7H,18H2,1-2H3. The van der Waals surface area contributed by atoms with Gasteiger partial charge in [-0.3, -0.25) is 4.98 Å². The number of rotatable bonds is 3. The molecule has 106 valence electrons. The summed E-state index contributed by atoms with van der Waals surface area (Å²) < 4.78 is 18.9. The highest BCUT2D eigenvalue weighted by molar-refractivity contribution is 6.35. The number of hydrogen-bond donors (Lipinski definition) is 1. The van der Waals surface area contributed by atoms with Gasteiger partial charge >= 0.3 is 0 Å². The van der Waals surface area contributed by atoms with Gasteiger partial charge in [0.1, 0.15) is 17.3 Å². The normalized spacial score (nSPS) is 13.9. The van der Waals surface area contributed by atoms with Crippen LogP contribution in [0, 0.1) is 5.82 Å². The van der Waals surface area contributed by atoms with Crippen molar-refractivity contribution in [2.24, 2.45) is 5.73 Å². The van der Waals surface area contributed by atoms with Crippen LogP contribution in [0.15, 0.2) is 30.5 Å². The van der Waals surface area contributed by atoms with E-state index < -0.39 is 11.4 Å². The van der Waals surface area contributed by atoms with Gasteiger partial charge in [-0.1, -0.05) is 23.2 Å². The molecule has 0 saturated carbocycles. The van der Waals surface area contributed by atoms with Crippen LogP contribution in [0.1, 0.15) is 18.2 Å². The summed E-state index contributed by atoms with van der Waals surface area (Å²) in [5.74, 6) is -0.0819. The van der Waals surface area contributed by atoms with E-state index in [1.807, 2.05) is 0 Å². The Morgan fingerprint density at radius 3 is 2.65 bits per heavy atom. The maximum absolute atomic E-state index is 13.7. The maximum Gasteiger partial charge on any atom is 0.142 e. The van der Waals surface area contributed by atoms with Gasteiger partial charge in [-0.25, -0.2) is 4.39 Å². The van der Waals surface area contributed by atoms with Crippen LogP contribution in [-0.2, 0) is 5.54 Å². The molecule has 3 nitrogen and oxygen atoms in total. The second-order valence-corrected chi connectivity index (χ2v) is 5.32. The van der Waals surface area contributed by atoms with Crippen LogP contribution in [0.4, 0.5) is 4.39 Å². The zero-order valence-corrected chi connectivity index (χ0v) is 12.5. The fourth-order valence-corrected chi connectivity index (χ4v) is 2.57. The Labute approximate surface area is 126 Å². The van der Waals surface area contributed by atoms with Crippen molar-refractivity contribution in [3.8, 4) is 5.75 Å². The molecular weight excluding hydrogens is 302 g/mol. The van der Waals surface area contributed by atoms with E-state index in [0.717, 1.165) is 0 Å². The lowest BCUT2D eigenvalue weighted by Crippen LogP contribution is -2.36. The van der Waals surface area contributed by atoms with Crippen molar-refractivity contribution in [1.82, 2.24) is 4.98 Å². The third-order valence-corrected chi connectivity index (χ3v) is 3.65. The molecule has 0 aliphatic rings. The molecule has 0 amide bonds. The molecule has 1 unspecified atom stereocenters. The lowest BCUT2D eigenvalue weighted by molar-refractivity contribution is 0.393. The van der Waals surface area contributed by atoms with E-state index in [2.05, 4.69) is 4.98 Å². The van der Waals surface area contributed by atoms with E-state index in [0.29, 0.717) is 17.0 Å². The highest BCUT2D eigenvalue weighted by atomic mass is 35.5. The molecule has 2 aromatic rings. The molecule has 0 spiro atoms. The Morgan fingerprint density at radius 1 is 1.30 bits per heavy atom. The Morgan fingerprint density at radius 2 is 2.00 bits per heavy atom. The third-order valence-electron chi connectivity index (χ3n) is 3.05. The van der Waals surface area contributed by atoms with Crippen LogP contribution in [0.5, 0.6) is 5.75 Å². The molecular formula is C14H13Cl2FN2O. The molecule has 0 bridgehead atoms. The molecule has 20 heavy (non-hydrogen) atoms. The molecule has 1 atom stereocenters. The van der Waals surface area contributed by atoms with Gasteiger partial charge in [0, 0.05) is 11.2 Å². The number of aromatic nitrogens is 1. The van der Waals surface area contributed by atoms with Crippen molar-refractivity contribution >= 4 is 23.2 Å². The summed E-state index contributed by atoms with van der Waals surface area (Å²) in [5.41, 5.74) is 6.05. The predicted octanol–water partition coefficient (Wildman–Crippen LogP) is 3.76. The molecule has 1 aromatic heterocycles. The first-order valence-corrected chi connectivity index (χ1v) is 6.57. The van der Waals surface area contributed by atoms with Gasteiger partial charge in [0.2, 0.25) is 0 Å². The molecule has 2 N–H and O–H groups in total. The molecule has 0 aliphatic heterocycles. The van der Waals surface area contributed by atoms with Gasteiger partial charge in [-0.15, -0.1) is 0 Å². The number of halogens is 3. The summed E-state index contributed by atoms with van der Waals surface area (Å²) in [7, 11) is 1.51. The van der Waals surface area contributed by atoms with E-state index in [9.17, 15) is 4.39 Å². The monoisotopic (exact) mass is 314 g/mol. The van der Waals surface area contributed by atoms with Crippen molar-refractivity contribution in [2.75, 3.05) is 7.11 Å². The van der Waals surface area contributed by atoms with E-state index in [-0.39, 0.29) is 10.0 Å². The van der Waals surface area contributed by atoms with Crippen molar-refractivity contribution in [3.05, 3.63) is 57.6 Å². The number of ether oxygens (including phenoxy) is 1. The molecule has 1 aromatic carbocycles. The molecule has 0 fully saturated rings. The Kier molecular flexibility index (Phi) is 4.18. The zero-order chi connectivity index (χ0) is 14.9. The van der Waals surface area contributed by atoms with Crippen molar-refractivity contribution < 1.29 is 9.13 Å². The van der Waals surface area contributed by atoms with Gasteiger partial charge < -0.3 is 10.5 Å². The predicted molar refractivity (Wildman–Crippen MR) is 77.9 cm³/mol. The third kappa shape index (κ3) is 2.59. The summed E-state index contributed by atoms with van der Waals surface area (Å²) >= 11 is 11.8. The molecule has 6 heteroatoms. The minimum Gasteiger partial charge on any atom is -0.495 e. The van der Waals surface area contributed by atoms with Crippen LogP contribution < -0.4 is 10.5 Å². The summed E-state index contributed by atoms with van der Waals surface area (Å²) in [6, 6.07) is 6.00. The first-order valence-electron chi connectivity index (χ1n) is 5.81. The first-order chi connectivity index (χ1) is 9.37. The summed E-state index contributed by atoms with van der Waals surface area (Å²) in [6.07, 6.45) is 1.59. The average molecular weight is 315 g/mol. The fraction of sp³-hybridized carbons (Fsp3) is 0.214. The van der Waals surface area contributed by atoms with Crippen LogP contribution >= 0.6 is 23.2 Å². The number of methoxy groups -OCH3 is 1. The second kappa shape index (κ2) is 5.56. The van der Waals surface area contributed by atoms with Gasteiger partial charge in [0.05, 0.1) is 17.7 Å². The smallest absolute Gasteiger partial charge is 0.142 e. The van der Waals surface area contributed by atoms with Gasteiger partial charge in [0.25, 0.3) is 0 Å². The number of benzene rings is 1. The second-order valence-electron chi connectivity index (χ2n) is 4.50. The zero-order valence-electron chi connectivity index (χ0n) is 11.0. The van der Waals surface area contributed by atoms with Crippen molar-refractivity contribution in [3.63, 3.8) is 0 Å².